The minimum absolute atomic E-state index is 0.887. The summed E-state index contributed by atoms with van der Waals surface area (Å²) in [5.74, 6) is 1.77. The molecule has 184 valence electrons. The van der Waals surface area contributed by atoms with Crippen LogP contribution < -0.4 is 9.47 Å². The molecule has 0 unspecified atom stereocenters. The van der Waals surface area contributed by atoms with Gasteiger partial charge in [0.1, 0.15) is 11.5 Å². The third-order valence-electron chi connectivity index (χ3n) is 7.16. The lowest BCUT2D eigenvalue weighted by molar-refractivity contribution is 0.415. The van der Waals surface area contributed by atoms with E-state index in [9.17, 15) is 0 Å². The van der Waals surface area contributed by atoms with Crippen molar-refractivity contribution in [2.75, 3.05) is 14.2 Å². The maximum atomic E-state index is 5.34. The quantitative estimate of drug-likeness (QED) is 0.212. The highest BCUT2D eigenvalue weighted by atomic mass is 32.1. The van der Waals surface area contributed by atoms with E-state index in [0.29, 0.717) is 0 Å². The van der Waals surface area contributed by atoms with Crippen molar-refractivity contribution in [2.24, 2.45) is 0 Å². The van der Waals surface area contributed by atoms with E-state index in [2.05, 4.69) is 60.7 Å². The Morgan fingerprint density at radius 2 is 0.842 bits per heavy atom. The summed E-state index contributed by atoms with van der Waals surface area (Å²) in [5.41, 5.74) is 2.47. The predicted molar refractivity (Wildman–Crippen MR) is 169 cm³/mol. The van der Waals surface area contributed by atoms with Gasteiger partial charge in [0.25, 0.3) is 0 Å². The van der Waals surface area contributed by atoms with Crippen molar-refractivity contribution in [3.63, 3.8) is 0 Å². The number of benzene rings is 4. The third kappa shape index (κ3) is 3.34. The molecular weight excluding hydrogens is 545 g/mol. The van der Waals surface area contributed by atoms with Crippen molar-refractivity contribution in [1.29, 1.82) is 0 Å². The standard InChI is InChI=1S/C32H20O2S4/c1-33-19-7-3-17(4-8-19)27-15-23-25(35-27)13-11-21-29(23)37-32-22-12-14-26-24(30(22)38-31(21)32)16-28(36-26)18-5-9-20(34-2)10-6-18/h3-16H,1-2H3. The summed E-state index contributed by atoms with van der Waals surface area (Å²) >= 11 is 7.61. The number of thiophene rings is 4. The summed E-state index contributed by atoms with van der Waals surface area (Å²) in [4.78, 5) is 2.59. The van der Waals surface area contributed by atoms with Gasteiger partial charge in [-0.2, -0.15) is 0 Å². The van der Waals surface area contributed by atoms with Gasteiger partial charge < -0.3 is 9.47 Å². The van der Waals surface area contributed by atoms with Gasteiger partial charge in [-0.05, 0) is 83.9 Å². The van der Waals surface area contributed by atoms with Crippen LogP contribution in [0.1, 0.15) is 0 Å². The normalized spacial score (nSPS) is 11.9. The van der Waals surface area contributed by atoms with Crippen LogP contribution in [-0.2, 0) is 0 Å². The Morgan fingerprint density at radius 1 is 0.421 bits per heavy atom. The Hall–Kier alpha value is -3.42. The van der Waals surface area contributed by atoms with Crippen molar-refractivity contribution in [3.8, 4) is 32.4 Å². The summed E-state index contributed by atoms with van der Waals surface area (Å²) < 4.78 is 19.0. The van der Waals surface area contributed by atoms with Crippen LogP contribution in [0.5, 0.6) is 11.5 Å². The molecule has 0 saturated carbocycles. The van der Waals surface area contributed by atoms with Crippen molar-refractivity contribution in [3.05, 3.63) is 84.9 Å². The molecule has 0 spiro atoms. The van der Waals surface area contributed by atoms with Crippen LogP contribution in [0.4, 0.5) is 0 Å². The molecule has 38 heavy (non-hydrogen) atoms. The van der Waals surface area contributed by atoms with Gasteiger partial charge >= 0.3 is 0 Å². The minimum atomic E-state index is 0.887. The number of fused-ring (bicyclic) bond motifs is 9. The molecule has 0 atom stereocenters. The molecule has 0 fully saturated rings. The fraction of sp³-hybridized carbons (Fsp3) is 0.0625. The zero-order valence-electron chi connectivity index (χ0n) is 20.5. The molecule has 2 nitrogen and oxygen atoms in total. The fourth-order valence-electron chi connectivity index (χ4n) is 5.20. The number of methoxy groups -OCH3 is 2. The molecule has 0 bridgehead atoms. The van der Waals surface area contributed by atoms with Crippen molar-refractivity contribution >= 4 is 95.1 Å². The largest absolute Gasteiger partial charge is 0.497 e. The molecule has 0 aliphatic heterocycles. The van der Waals surface area contributed by atoms with Crippen molar-refractivity contribution < 1.29 is 9.47 Å². The lowest BCUT2D eigenvalue weighted by Gasteiger charge is -2.00. The topological polar surface area (TPSA) is 18.5 Å². The molecule has 0 saturated heterocycles. The fourth-order valence-corrected chi connectivity index (χ4v) is 10.3. The Balaban J connectivity index is 1.28. The van der Waals surface area contributed by atoms with Gasteiger partial charge in [-0.3, -0.25) is 0 Å². The summed E-state index contributed by atoms with van der Waals surface area (Å²) in [6.07, 6.45) is 0. The van der Waals surface area contributed by atoms with E-state index in [1.54, 1.807) is 14.2 Å². The van der Waals surface area contributed by atoms with Crippen LogP contribution in [0, 0.1) is 0 Å². The smallest absolute Gasteiger partial charge is 0.118 e. The first kappa shape index (κ1) is 22.6. The summed E-state index contributed by atoms with van der Waals surface area (Å²) in [6, 6.07) is 30.7. The molecule has 4 aromatic heterocycles. The third-order valence-corrected chi connectivity index (χ3v) is 12.1. The molecule has 0 radical (unpaired) electrons. The Bertz CT molecular complexity index is 1980. The van der Waals surface area contributed by atoms with Crippen molar-refractivity contribution in [1.82, 2.24) is 0 Å². The second kappa shape index (κ2) is 8.55. The van der Waals surface area contributed by atoms with Crippen LogP contribution in [-0.4, -0.2) is 14.2 Å². The highest BCUT2D eigenvalue weighted by Crippen LogP contribution is 2.50. The minimum Gasteiger partial charge on any atom is -0.497 e. The van der Waals surface area contributed by atoms with Crippen LogP contribution in [0.15, 0.2) is 84.9 Å². The van der Waals surface area contributed by atoms with Gasteiger partial charge in [0, 0.05) is 50.1 Å². The second-order valence-corrected chi connectivity index (χ2v) is 13.5. The molecule has 0 N–H and O–H groups in total. The van der Waals surface area contributed by atoms with E-state index < -0.39 is 0 Å². The maximum absolute atomic E-state index is 5.34. The van der Waals surface area contributed by atoms with Crippen molar-refractivity contribution in [2.45, 2.75) is 0 Å². The average molecular weight is 565 g/mol. The average Bonchev–Trinajstić information content (AvgIpc) is 3.73. The van der Waals surface area contributed by atoms with Crippen LogP contribution in [0.25, 0.3) is 70.6 Å². The Labute approximate surface area is 234 Å². The number of hydrogen-bond donors (Lipinski definition) is 0. The molecule has 4 heterocycles. The lowest BCUT2D eigenvalue weighted by Crippen LogP contribution is -1.81. The monoisotopic (exact) mass is 564 g/mol. The first-order valence-electron chi connectivity index (χ1n) is 12.2. The molecule has 4 aromatic carbocycles. The van der Waals surface area contributed by atoms with Gasteiger partial charge in [0.15, 0.2) is 0 Å². The Kier molecular flexibility index (Phi) is 5.07. The van der Waals surface area contributed by atoms with Gasteiger partial charge in [0.2, 0.25) is 0 Å². The first-order valence-corrected chi connectivity index (χ1v) is 15.5. The predicted octanol–water partition coefficient (Wildman–Crippen LogP) is 11.0. The van der Waals surface area contributed by atoms with E-state index in [1.807, 2.05) is 69.6 Å². The number of ether oxygens (including phenoxy) is 2. The number of rotatable bonds is 4. The SMILES string of the molecule is COc1ccc(-c2cc3c(ccc4c3sc3c5ccc6sc(-c7ccc(OC)cc7)cc6c5sc43)s2)cc1. The molecular formula is C32H20O2S4. The highest BCUT2D eigenvalue weighted by molar-refractivity contribution is 7.38. The Morgan fingerprint density at radius 3 is 1.24 bits per heavy atom. The zero-order chi connectivity index (χ0) is 25.4. The molecule has 8 rings (SSSR count). The number of hydrogen-bond acceptors (Lipinski definition) is 6. The van der Waals surface area contributed by atoms with Crippen LogP contribution >= 0.6 is 45.3 Å². The second-order valence-electron chi connectivity index (χ2n) is 9.25. The van der Waals surface area contributed by atoms with Gasteiger partial charge in [-0.1, -0.05) is 12.1 Å². The van der Waals surface area contributed by atoms with Gasteiger partial charge in [-0.25, -0.2) is 0 Å². The molecule has 0 aliphatic rings. The van der Waals surface area contributed by atoms with E-state index >= 15 is 0 Å². The first-order chi connectivity index (χ1) is 18.7. The van der Waals surface area contributed by atoms with E-state index in [4.69, 9.17) is 9.47 Å². The van der Waals surface area contributed by atoms with Gasteiger partial charge in [0.05, 0.1) is 23.6 Å². The van der Waals surface area contributed by atoms with Gasteiger partial charge in [-0.15, -0.1) is 45.3 Å². The molecule has 0 amide bonds. The summed E-state index contributed by atoms with van der Waals surface area (Å²) in [7, 11) is 3.42. The lowest BCUT2D eigenvalue weighted by atomic mass is 10.1. The van der Waals surface area contributed by atoms with Crippen LogP contribution in [0.2, 0.25) is 0 Å². The van der Waals surface area contributed by atoms with E-state index in [0.717, 1.165) is 11.5 Å². The highest BCUT2D eigenvalue weighted by Gasteiger charge is 2.18. The molecule has 8 aromatic rings. The maximum Gasteiger partial charge on any atom is 0.118 e. The summed E-state index contributed by atoms with van der Waals surface area (Å²) in [5, 5.41) is 5.46. The van der Waals surface area contributed by atoms with Crippen LogP contribution in [0.3, 0.4) is 0 Å². The zero-order valence-corrected chi connectivity index (χ0v) is 23.8. The molecule has 6 heteroatoms. The summed E-state index contributed by atoms with van der Waals surface area (Å²) in [6.45, 7) is 0. The van der Waals surface area contributed by atoms with E-state index in [-0.39, 0.29) is 0 Å². The van der Waals surface area contributed by atoms with E-state index in [1.165, 1.54) is 70.6 Å². The molecule has 0 aliphatic carbocycles.